The zero-order chi connectivity index (χ0) is 20.0. The summed E-state index contributed by atoms with van der Waals surface area (Å²) in [5, 5.41) is 9.82. The van der Waals surface area contributed by atoms with Crippen LogP contribution in [0.15, 0.2) is 36.4 Å². The molecule has 3 aliphatic rings. The molecule has 0 radical (unpaired) electrons. The Hall–Kier alpha value is -1.91. The summed E-state index contributed by atoms with van der Waals surface area (Å²) in [6, 6.07) is 15.0. The maximum Gasteiger partial charge on any atom is 0.0574 e. The van der Waals surface area contributed by atoms with E-state index in [0.29, 0.717) is 11.1 Å². The quantitative estimate of drug-likeness (QED) is 0.207. The van der Waals surface area contributed by atoms with Gasteiger partial charge in [-0.3, -0.25) is 0 Å². The minimum absolute atomic E-state index is 0.635. The second-order valence-corrected chi connectivity index (χ2v) is 22.5. The molecule has 3 aliphatic carbocycles. The van der Waals surface area contributed by atoms with Crippen molar-refractivity contribution >= 4 is 48.5 Å². The Morgan fingerprint density at radius 1 is 0.483 bits per heavy atom. The van der Waals surface area contributed by atoms with E-state index in [1.54, 1.807) is 65.7 Å². The molecule has 0 saturated heterocycles. The van der Waals surface area contributed by atoms with Crippen LogP contribution in [-0.4, -0.2) is 16.1 Å². The molecule has 0 nitrogen and oxygen atoms in total. The highest BCUT2D eigenvalue weighted by molar-refractivity contribution is 6.79. The Morgan fingerprint density at radius 3 is 1.14 bits per heavy atom. The van der Waals surface area contributed by atoms with Crippen molar-refractivity contribution in [2.75, 3.05) is 0 Å². The number of hydrogen-bond donors (Lipinski definition) is 0. The number of benzene rings is 4. The van der Waals surface area contributed by atoms with Crippen molar-refractivity contribution in [3.63, 3.8) is 0 Å². The lowest BCUT2D eigenvalue weighted by molar-refractivity contribution is 1.11. The summed E-state index contributed by atoms with van der Waals surface area (Å²) in [6.07, 6.45) is 1.12. The van der Waals surface area contributed by atoms with Gasteiger partial charge in [0, 0.05) is 11.1 Å². The topological polar surface area (TPSA) is 0 Å². The van der Waals surface area contributed by atoms with Crippen LogP contribution in [0.2, 0.25) is 39.3 Å². The first kappa shape index (κ1) is 16.8. The minimum atomic E-state index is -1.39. The monoisotopic (exact) mass is 408 g/mol. The summed E-state index contributed by atoms with van der Waals surface area (Å²) in [7, 11) is -2.79. The van der Waals surface area contributed by atoms with Crippen LogP contribution in [0.25, 0.3) is 32.3 Å². The van der Waals surface area contributed by atoms with Crippen molar-refractivity contribution in [1.29, 1.82) is 0 Å². The van der Waals surface area contributed by atoms with Crippen LogP contribution in [0.1, 0.15) is 44.5 Å². The van der Waals surface area contributed by atoms with Gasteiger partial charge < -0.3 is 0 Å². The lowest BCUT2D eigenvalue weighted by Crippen LogP contribution is -2.31. The van der Waals surface area contributed by atoms with Gasteiger partial charge in [-0.25, -0.2) is 0 Å². The van der Waals surface area contributed by atoms with Crippen molar-refractivity contribution in [3.05, 3.63) is 69.8 Å². The maximum atomic E-state index is 2.56. The molecule has 0 N–H and O–H groups in total. The fourth-order valence-electron chi connectivity index (χ4n) is 7.27. The van der Waals surface area contributed by atoms with Crippen LogP contribution < -0.4 is 0 Å². The summed E-state index contributed by atoms with van der Waals surface area (Å²) in [5.41, 5.74) is 11.0. The molecule has 2 atom stereocenters. The van der Waals surface area contributed by atoms with Gasteiger partial charge in [0.05, 0.1) is 16.1 Å². The van der Waals surface area contributed by atoms with E-state index >= 15 is 0 Å². The van der Waals surface area contributed by atoms with E-state index in [1.807, 2.05) is 0 Å². The standard InChI is InChI=1S/C27H28Si2/c1-28(2,3)26-16-9-7-14-13-15-8-10-17-23-21(15)20(14)22(16)24-18(26)11-12-19(25(23)24)27(17)29(4,5)6/h7-12,26-27H,13H2,1-6H3/t26-,27+. The Labute approximate surface area is 175 Å². The second kappa shape index (κ2) is 4.71. The molecular weight excluding hydrogens is 380 g/mol. The third-order valence-corrected chi connectivity index (χ3v) is 12.7. The first-order chi connectivity index (χ1) is 13.7. The molecule has 0 amide bonds. The van der Waals surface area contributed by atoms with Gasteiger partial charge in [0.2, 0.25) is 0 Å². The summed E-state index contributed by atoms with van der Waals surface area (Å²) >= 11 is 0. The lowest BCUT2D eigenvalue weighted by atomic mass is 9.95. The predicted molar refractivity (Wildman–Crippen MR) is 132 cm³/mol. The molecule has 0 bridgehead atoms. The van der Waals surface area contributed by atoms with Crippen LogP contribution in [0.3, 0.4) is 0 Å². The largest absolute Gasteiger partial charge is 0.0688 e. The van der Waals surface area contributed by atoms with E-state index in [2.05, 4.69) is 75.7 Å². The molecule has 0 saturated carbocycles. The van der Waals surface area contributed by atoms with E-state index in [-0.39, 0.29) is 0 Å². The van der Waals surface area contributed by atoms with E-state index in [9.17, 15) is 0 Å². The third kappa shape index (κ3) is 1.75. The Balaban J connectivity index is 1.81. The highest BCUT2D eigenvalue weighted by Gasteiger charge is 2.44. The lowest BCUT2D eigenvalue weighted by Gasteiger charge is -2.29. The highest BCUT2D eigenvalue weighted by Crippen LogP contribution is 2.60. The molecule has 4 aromatic rings. The average Bonchev–Trinajstić information content (AvgIpc) is 3.25. The molecule has 29 heavy (non-hydrogen) atoms. The molecule has 2 heteroatoms. The fourth-order valence-corrected chi connectivity index (χ4v) is 12.0. The molecular formula is C27H28Si2. The van der Waals surface area contributed by atoms with E-state index in [0.717, 1.165) is 6.42 Å². The Morgan fingerprint density at radius 2 is 0.793 bits per heavy atom. The van der Waals surface area contributed by atoms with Gasteiger partial charge in [-0.05, 0) is 72.1 Å². The van der Waals surface area contributed by atoms with E-state index in [4.69, 9.17) is 0 Å². The molecule has 0 unspecified atom stereocenters. The van der Waals surface area contributed by atoms with Crippen LogP contribution in [0.5, 0.6) is 0 Å². The average molecular weight is 409 g/mol. The first-order valence-corrected chi connectivity index (χ1v) is 18.3. The molecule has 0 fully saturated rings. The highest BCUT2D eigenvalue weighted by atomic mass is 28.3. The molecule has 144 valence electrons. The van der Waals surface area contributed by atoms with Crippen molar-refractivity contribution in [2.24, 2.45) is 0 Å². The van der Waals surface area contributed by atoms with Gasteiger partial charge in [-0.2, -0.15) is 0 Å². The van der Waals surface area contributed by atoms with Gasteiger partial charge in [0.1, 0.15) is 0 Å². The molecule has 0 spiro atoms. The molecule has 4 aromatic carbocycles. The van der Waals surface area contributed by atoms with Gasteiger partial charge in [0.25, 0.3) is 0 Å². The van der Waals surface area contributed by atoms with Gasteiger partial charge in [-0.15, -0.1) is 0 Å². The zero-order valence-corrected chi connectivity index (χ0v) is 20.3. The third-order valence-electron chi connectivity index (χ3n) is 8.02. The van der Waals surface area contributed by atoms with Crippen molar-refractivity contribution in [1.82, 2.24) is 0 Å². The van der Waals surface area contributed by atoms with Crippen LogP contribution in [0.4, 0.5) is 0 Å². The summed E-state index contributed by atoms with van der Waals surface area (Å²) in [6.45, 7) is 15.4. The van der Waals surface area contributed by atoms with Crippen LogP contribution >= 0.6 is 0 Å². The Bertz CT molecular complexity index is 1330. The predicted octanol–water partition coefficient (Wildman–Crippen LogP) is 7.70. The summed E-state index contributed by atoms with van der Waals surface area (Å²) in [5.74, 6) is 0. The molecule has 7 rings (SSSR count). The van der Waals surface area contributed by atoms with Crippen molar-refractivity contribution < 1.29 is 0 Å². The smallest absolute Gasteiger partial charge is 0.0574 e. The second-order valence-electron chi connectivity index (χ2n) is 11.9. The van der Waals surface area contributed by atoms with Gasteiger partial charge >= 0.3 is 0 Å². The van der Waals surface area contributed by atoms with E-state index < -0.39 is 16.1 Å². The van der Waals surface area contributed by atoms with Crippen molar-refractivity contribution in [2.45, 2.75) is 56.8 Å². The Kier molecular flexibility index (Phi) is 2.73. The summed E-state index contributed by atoms with van der Waals surface area (Å²) in [4.78, 5) is 0. The number of hydrogen-bond acceptors (Lipinski definition) is 0. The molecule has 0 aromatic heterocycles. The van der Waals surface area contributed by atoms with Crippen molar-refractivity contribution in [3.8, 4) is 0 Å². The zero-order valence-electron chi connectivity index (χ0n) is 18.3. The SMILES string of the molecule is C[Si](C)(C)[C@@H]1c2ccc3c4c5c(ccc6c5c5c(ccc1c5c24)[C@H]6[Si](C)(C)C)C3. The summed E-state index contributed by atoms with van der Waals surface area (Å²) < 4.78 is 0. The minimum Gasteiger partial charge on any atom is -0.0688 e. The van der Waals surface area contributed by atoms with Gasteiger partial charge in [-0.1, -0.05) is 75.7 Å². The normalized spacial score (nSPS) is 21.3. The van der Waals surface area contributed by atoms with Crippen LogP contribution in [-0.2, 0) is 6.42 Å². The molecule has 0 heterocycles. The first-order valence-electron chi connectivity index (χ1n) is 11.2. The van der Waals surface area contributed by atoms with Crippen LogP contribution in [0, 0.1) is 0 Å². The van der Waals surface area contributed by atoms with E-state index in [1.165, 1.54) is 0 Å². The fraction of sp³-hybridized carbons (Fsp3) is 0.333. The maximum absolute atomic E-state index is 2.56. The number of rotatable bonds is 2. The molecule has 0 aliphatic heterocycles. The van der Waals surface area contributed by atoms with Gasteiger partial charge in [0.15, 0.2) is 0 Å².